The van der Waals surface area contributed by atoms with Crippen LogP contribution in [0.4, 0.5) is 0 Å². The molecule has 0 saturated heterocycles. The standard InChI is InChI=1S/C15H18ClN3O/c1-2-10-20-13-8-4-3-6-11(13)14(19-17)15-12(16)7-5-9-18-15/h3-9,14,19H,2,10,17H2,1H3. The third-order valence-electron chi connectivity index (χ3n) is 2.92. The zero-order valence-corrected chi connectivity index (χ0v) is 12.1. The average Bonchev–Trinajstić information content (AvgIpc) is 2.49. The van der Waals surface area contributed by atoms with Crippen LogP contribution in [0.25, 0.3) is 0 Å². The summed E-state index contributed by atoms with van der Waals surface area (Å²) >= 11 is 6.21. The molecule has 1 unspecified atom stereocenters. The quantitative estimate of drug-likeness (QED) is 0.634. The molecule has 2 aromatic rings. The number of hydrogen-bond acceptors (Lipinski definition) is 4. The highest BCUT2D eigenvalue weighted by Crippen LogP contribution is 2.31. The Morgan fingerprint density at radius 2 is 2.10 bits per heavy atom. The summed E-state index contributed by atoms with van der Waals surface area (Å²) in [7, 11) is 0. The first kappa shape index (κ1) is 14.8. The van der Waals surface area contributed by atoms with E-state index in [2.05, 4.69) is 17.3 Å². The number of pyridine rings is 1. The van der Waals surface area contributed by atoms with Crippen molar-refractivity contribution in [3.05, 3.63) is 58.9 Å². The molecule has 20 heavy (non-hydrogen) atoms. The molecule has 0 saturated carbocycles. The first-order chi connectivity index (χ1) is 9.77. The van der Waals surface area contributed by atoms with Gasteiger partial charge in [0.15, 0.2) is 0 Å². The second-order valence-electron chi connectivity index (χ2n) is 4.36. The summed E-state index contributed by atoms with van der Waals surface area (Å²) in [4.78, 5) is 4.32. The van der Waals surface area contributed by atoms with E-state index in [1.54, 1.807) is 18.3 Å². The molecule has 1 heterocycles. The van der Waals surface area contributed by atoms with Gasteiger partial charge in [0.1, 0.15) is 5.75 Å². The van der Waals surface area contributed by atoms with Crippen molar-refractivity contribution in [2.75, 3.05) is 6.61 Å². The minimum Gasteiger partial charge on any atom is -0.493 e. The largest absolute Gasteiger partial charge is 0.493 e. The van der Waals surface area contributed by atoms with Gasteiger partial charge < -0.3 is 4.74 Å². The van der Waals surface area contributed by atoms with Crippen molar-refractivity contribution in [2.24, 2.45) is 5.84 Å². The van der Waals surface area contributed by atoms with Crippen LogP contribution >= 0.6 is 11.6 Å². The Morgan fingerprint density at radius 3 is 2.80 bits per heavy atom. The number of hydrazine groups is 1. The van der Waals surface area contributed by atoms with Crippen LogP contribution in [0, 0.1) is 0 Å². The number of nitrogens with two attached hydrogens (primary N) is 1. The van der Waals surface area contributed by atoms with E-state index in [-0.39, 0.29) is 6.04 Å². The van der Waals surface area contributed by atoms with Crippen LogP contribution in [0.1, 0.15) is 30.6 Å². The van der Waals surface area contributed by atoms with Crippen LogP contribution < -0.4 is 16.0 Å². The minimum atomic E-state index is -0.309. The number of halogens is 1. The zero-order chi connectivity index (χ0) is 14.4. The van der Waals surface area contributed by atoms with E-state index < -0.39 is 0 Å². The Bertz CT molecular complexity index is 562. The number of hydrogen-bond donors (Lipinski definition) is 2. The summed E-state index contributed by atoms with van der Waals surface area (Å²) in [6.45, 7) is 2.72. The predicted molar refractivity (Wildman–Crippen MR) is 80.6 cm³/mol. The SMILES string of the molecule is CCCOc1ccccc1C(NN)c1ncccc1Cl. The van der Waals surface area contributed by atoms with Crippen molar-refractivity contribution in [1.82, 2.24) is 10.4 Å². The molecule has 0 spiro atoms. The van der Waals surface area contributed by atoms with Gasteiger partial charge in [0.2, 0.25) is 0 Å². The summed E-state index contributed by atoms with van der Waals surface area (Å²) in [5, 5.41) is 0.570. The third kappa shape index (κ3) is 3.28. The molecule has 0 aliphatic carbocycles. The molecule has 0 amide bonds. The van der Waals surface area contributed by atoms with Gasteiger partial charge in [-0.15, -0.1) is 0 Å². The van der Waals surface area contributed by atoms with Gasteiger partial charge in [-0.25, -0.2) is 5.43 Å². The lowest BCUT2D eigenvalue weighted by atomic mass is 10.0. The lowest BCUT2D eigenvalue weighted by Crippen LogP contribution is -2.30. The van der Waals surface area contributed by atoms with Gasteiger partial charge in [-0.1, -0.05) is 36.7 Å². The van der Waals surface area contributed by atoms with Gasteiger partial charge in [-0.2, -0.15) is 0 Å². The number of rotatable bonds is 6. The van der Waals surface area contributed by atoms with Crippen molar-refractivity contribution in [3.63, 3.8) is 0 Å². The summed E-state index contributed by atoms with van der Waals surface area (Å²) in [5.41, 5.74) is 4.37. The topological polar surface area (TPSA) is 60.2 Å². The molecule has 1 aromatic carbocycles. The van der Waals surface area contributed by atoms with Crippen LogP contribution in [-0.4, -0.2) is 11.6 Å². The molecule has 1 aromatic heterocycles. The molecule has 1 atom stereocenters. The number of ether oxygens (including phenoxy) is 1. The molecule has 106 valence electrons. The second kappa shape index (κ2) is 7.24. The van der Waals surface area contributed by atoms with E-state index in [1.165, 1.54) is 0 Å². The van der Waals surface area contributed by atoms with Crippen LogP contribution in [0.5, 0.6) is 5.75 Å². The molecule has 0 aliphatic rings. The third-order valence-corrected chi connectivity index (χ3v) is 3.24. The monoisotopic (exact) mass is 291 g/mol. The number of benzene rings is 1. The number of nitrogens with one attached hydrogen (secondary N) is 1. The highest BCUT2D eigenvalue weighted by molar-refractivity contribution is 6.31. The fourth-order valence-corrected chi connectivity index (χ4v) is 2.22. The van der Waals surface area contributed by atoms with Crippen molar-refractivity contribution < 1.29 is 4.74 Å². The smallest absolute Gasteiger partial charge is 0.124 e. The van der Waals surface area contributed by atoms with Crippen molar-refractivity contribution >= 4 is 11.6 Å². The van der Waals surface area contributed by atoms with E-state index in [0.29, 0.717) is 17.3 Å². The van der Waals surface area contributed by atoms with Gasteiger partial charge in [-0.3, -0.25) is 10.8 Å². The Balaban J connectivity index is 2.39. The summed E-state index contributed by atoms with van der Waals surface area (Å²) < 4.78 is 5.76. The number of aromatic nitrogens is 1. The van der Waals surface area contributed by atoms with Gasteiger partial charge in [0.05, 0.1) is 23.4 Å². The molecular formula is C15H18ClN3O. The first-order valence-corrected chi connectivity index (χ1v) is 6.94. The van der Waals surface area contributed by atoms with E-state index in [4.69, 9.17) is 22.2 Å². The summed E-state index contributed by atoms with van der Waals surface area (Å²) in [6.07, 6.45) is 2.64. The maximum absolute atomic E-state index is 6.21. The first-order valence-electron chi connectivity index (χ1n) is 6.56. The Labute approximate surface area is 123 Å². The highest BCUT2D eigenvalue weighted by atomic mass is 35.5. The second-order valence-corrected chi connectivity index (χ2v) is 4.76. The van der Waals surface area contributed by atoms with Crippen molar-refractivity contribution in [2.45, 2.75) is 19.4 Å². The Hall–Kier alpha value is -1.62. The summed E-state index contributed by atoms with van der Waals surface area (Å²) in [5.74, 6) is 6.49. The van der Waals surface area contributed by atoms with Crippen LogP contribution in [0.2, 0.25) is 5.02 Å². The maximum Gasteiger partial charge on any atom is 0.124 e. The van der Waals surface area contributed by atoms with Gasteiger partial charge in [-0.05, 0) is 24.6 Å². The lowest BCUT2D eigenvalue weighted by molar-refractivity contribution is 0.311. The van der Waals surface area contributed by atoms with E-state index >= 15 is 0 Å². The molecule has 2 rings (SSSR count). The van der Waals surface area contributed by atoms with Crippen LogP contribution in [0.3, 0.4) is 0 Å². The molecule has 0 aliphatic heterocycles. The predicted octanol–water partition coefficient (Wildman–Crippen LogP) is 3.08. The molecule has 0 fully saturated rings. The fourth-order valence-electron chi connectivity index (χ4n) is 1.99. The molecule has 0 radical (unpaired) electrons. The lowest BCUT2D eigenvalue weighted by Gasteiger charge is -2.20. The van der Waals surface area contributed by atoms with Crippen molar-refractivity contribution in [1.29, 1.82) is 0 Å². The van der Waals surface area contributed by atoms with Crippen LogP contribution in [0.15, 0.2) is 42.6 Å². The minimum absolute atomic E-state index is 0.309. The Morgan fingerprint density at radius 1 is 1.30 bits per heavy atom. The fraction of sp³-hybridized carbons (Fsp3) is 0.267. The van der Waals surface area contributed by atoms with Gasteiger partial charge >= 0.3 is 0 Å². The molecule has 0 bridgehead atoms. The summed E-state index contributed by atoms with van der Waals surface area (Å²) in [6, 6.07) is 11.0. The molecule has 4 nitrogen and oxygen atoms in total. The van der Waals surface area contributed by atoms with Crippen molar-refractivity contribution in [3.8, 4) is 5.75 Å². The molecule has 5 heteroatoms. The number of para-hydroxylation sites is 1. The van der Waals surface area contributed by atoms with E-state index in [9.17, 15) is 0 Å². The van der Waals surface area contributed by atoms with Crippen LogP contribution in [-0.2, 0) is 0 Å². The highest BCUT2D eigenvalue weighted by Gasteiger charge is 2.20. The average molecular weight is 292 g/mol. The van der Waals surface area contributed by atoms with E-state index in [0.717, 1.165) is 17.7 Å². The van der Waals surface area contributed by atoms with E-state index in [1.807, 2.05) is 24.3 Å². The maximum atomic E-state index is 6.21. The zero-order valence-electron chi connectivity index (χ0n) is 11.3. The Kier molecular flexibility index (Phi) is 5.35. The molecular weight excluding hydrogens is 274 g/mol. The molecule has 3 N–H and O–H groups in total. The number of nitrogens with zero attached hydrogens (tertiary/aromatic N) is 1. The van der Waals surface area contributed by atoms with Gasteiger partial charge in [0.25, 0.3) is 0 Å². The normalized spacial score (nSPS) is 12.2. The van der Waals surface area contributed by atoms with Gasteiger partial charge in [0, 0.05) is 11.8 Å².